The Bertz CT molecular complexity index is 566. The Labute approximate surface area is 106 Å². The van der Waals surface area contributed by atoms with E-state index in [1.54, 1.807) is 19.4 Å². The molecule has 0 aliphatic carbocycles. The number of nitrogens with one attached hydrogen (secondary N) is 1. The molecule has 92 valence electrons. The van der Waals surface area contributed by atoms with Crippen molar-refractivity contribution in [2.45, 2.75) is 6.54 Å². The summed E-state index contributed by atoms with van der Waals surface area (Å²) in [4.78, 5) is 4.11. The van der Waals surface area contributed by atoms with E-state index in [0.29, 0.717) is 18.1 Å². The van der Waals surface area contributed by atoms with Crippen LogP contribution < -0.4 is 10.1 Å². The van der Waals surface area contributed by atoms with Crippen LogP contribution in [0.3, 0.4) is 0 Å². The summed E-state index contributed by atoms with van der Waals surface area (Å²) in [6.07, 6.45) is 3.65. The third-order valence-electron chi connectivity index (χ3n) is 2.62. The fourth-order valence-electron chi connectivity index (χ4n) is 1.65. The van der Waals surface area contributed by atoms with Gasteiger partial charge in [0.15, 0.2) is 0 Å². The zero-order chi connectivity index (χ0) is 13.0. The Balaban J connectivity index is 2.00. The van der Waals surface area contributed by atoms with Crippen molar-refractivity contribution in [1.82, 2.24) is 9.55 Å². The number of rotatable bonds is 4. The molecule has 18 heavy (non-hydrogen) atoms. The molecule has 2 aromatic rings. The van der Waals surface area contributed by atoms with Gasteiger partial charge >= 0.3 is 0 Å². The topological polar surface area (TPSA) is 62.9 Å². The van der Waals surface area contributed by atoms with E-state index in [1.807, 2.05) is 29.9 Å². The van der Waals surface area contributed by atoms with Gasteiger partial charge in [0.25, 0.3) is 0 Å². The molecule has 2 rings (SSSR count). The Morgan fingerprint density at radius 1 is 1.50 bits per heavy atom. The molecule has 0 bridgehead atoms. The maximum atomic E-state index is 8.86. The minimum atomic E-state index is 0.590. The summed E-state index contributed by atoms with van der Waals surface area (Å²) in [7, 11) is 3.44. The van der Waals surface area contributed by atoms with Crippen LogP contribution in [0.15, 0.2) is 30.6 Å². The monoisotopic (exact) mass is 242 g/mol. The van der Waals surface area contributed by atoms with Crippen LogP contribution in [-0.4, -0.2) is 16.7 Å². The second kappa shape index (κ2) is 5.23. The highest BCUT2D eigenvalue weighted by molar-refractivity contribution is 5.43. The smallest absolute Gasteiger partial charge is 0.213 e. The summed E-state index contributed by atoms with van der Waals surface area (Å²) in [5, 5.41) is 12.1. The van der Waals surface area contributed by atoms with Gasteiger partial charge < -0.3 is 14.6 Å². The number of aryl methyl sites for hydroxylation is 1. The Morgan fingerprint density at radius 2 is 2.33 bits per heavy atom. The summed E-state index contributed by atoms with van der Waals surface area (Å²) in [6, 6.07) is 7.70. The molecule has 0 atom stereocenters. The number of nitriles is 1. The molecule has 0 radical (unpaired) electrons. The van der Waals surface area contributed by atoms with Crippen molar-refractivity contribution in [1.29, 1.82) is 5.26 Å². The van der Waals surface area contributed by atoms with Gasteiger partial charge in [0.1, 0.15) is 11.8 Å². The molecule has 2 aromatic heterocycles. The van der Waals surface area contributed by atoms with Crippen LogP contribution in [0.5, 0.6) is 5.88 Å². The van der Waals surface area contributed by atoms with Crippen LogP contribution >= 0.6 is 0 Å². The Hall–Kier alpha value is -2.48. The quantitative estimate of drug-likeness (QED) is 0.889. The lowest BCUT2D eigenvalue weighted by Crippen LogP contribution is -1.99. The van der Waals surface area contributed by atoms with Crippen LogP contribution in [0.25, 0.3) is 0 Å². The van der Waals surface area contributed by atoms with E-state index in [1.165, 1.54) is 0 Å². The summed E-state index contributed by atoms with van der Waals surface area (Å²) < 4.78 is 6.80. The van der Waals surface area contributed by atoms with E-state index in [4.69, 9.17) is 10.00 Å². The minimum Gasteiger partial charge on any atom is -0.481 e. The van der Waals surface area contributed by atoms with Crippen LogP contribution in [-0.2, 0) is 13.6 Å². The van der Waals surface area contributed by atoms with Crippen LogP contribution in [0.2, 0.25) is 0 Å². The van der Waals surface area contributed by atoms with E-state index < -0.39 is 0 Å². The third-order valence-corrected chi connectivity index (χ3v) is 2.62. The predicted octanol–water partition coefficient (Wildman–Crippen LogP) is 1.91. The van der Waals surface area contributed by atoms with Gasteiger partial charge in [0.2, 0.25) is 5.88 Å². The zero-order valence-corrected chi connectivity index (χ0v) is 10.3. The highest BCUT2D eigenvalue weighted by Gasteiger charge is 2.02. The second-order valence-corrected chi connectivity index (χ2v) is 3.90. The van der Waals surface area contributed by atoms with E-state index in [-0.39, 0.29) is 0 Å². The second-order valence-electron chi connectivity index (χ2n) is 3.90. The van der Waals surface area contributed by atoms with Crippen molar-refractivity contribution in [3.8, 4) is 11.9 Å². The van der Waals surface area contributed by atoms with E-state index in [0.717, 1.165) is 11.3 Å². The normalized spacial score (nSPS) is 9.83. The van der Waals surface area contributed by atoms with Crippen molar-refractivity contribution in [2.75, 3.05) is 12.4 Å². The van der Waals surface area contributed by atoms with Crippen molar-refractivity contribution in [3.63, 3.8) is 0 Å². The van der Waals surface area contributed by atoms with Crippen LogP contribution in [0.4, 0.5) is 5.69 Å². The number of anilines is 1. The molecule has 0 saturated heterocycles. The molecule has 0 saturated carbocycles. The maximum absolute atomic E-state index is 8.86. The minimum absolute atomic E-state index is 0.590. The molecule has 2 heterocycles. The first-order valence-electron chi connectivity index (χ1n) is 5.52. The number of pyridine rings is 1. The summed E-state index contributed by atoms with van der Waals surface area (Å²) >= 11 is 0. The molecular formula is C13H14N4O. The molecule has 0 fully saturated rings. The number of aromatic nitrogens is 2. The van der Waals surface area contributed by atoms with Crippen molar-refractivity contribution < 1.29 is 4.74 Å². The molecule has 0 aliphatic heterocycles. The van der Waals surface area contributed by atoms with E-state index in [2.05, 4.69) is 16.4 Å². The fourth-order valence-corrected chi connectivity index (χ4v) is 1.65. The largest absolute Gasteiger partial charge is 0.481 e. The summed E-state index contributed by atoms with van der Waals surface area (Å²) in [6.45, 7) is 0.656. The fraction of sp³-hybridized carbons (Fsp3) is 0.231. The molecule has 0 aliphatic rings. The number of methoxy groups -OCH3 is 1. The van der Waals surface area contributed by atoms with Gasteiger partial charge in [-0.15, -0.1) is 0 Å². The SMILES string of the molecule is COc1ccc(NCc2cc(C#N)n(C)c2)cn1. The molecule has 0 unspecified atom stereocenters. The van der Waals surface area contributed by atoms with Gasteiger partial charge in [-0.25, -0.2) is 4.98 Å². The van der Waals surface area contributed by atoms with Gasteiger partial charge in [-0.3, -0.25) is 0 Å². The highest BCUT2D eigenvalue weighted by atomic mass is 16.5. The molecule has 0 aromatic carbocycles. The summed E-state index contributed by atoms with van der Waals surface area (Å²) in [5.74, 6) is 0.590. The van der Waals surface area contributed by atoms with Crippen molar-refractivity contribution in [2.24, 2.45) is 7.05 Å². The van der Waals surface area contributed by atoms with Gasteiger partial charge in [-0.1, -0.05) is 0 Å². The molecule has 0 spiro atoms. The first kappa shape index (κ1) is 12.0. The number of hydrogen-bond acceptors (Lipinski definition) is 4. The summed E-state index contributed by atoms with van der Waals surface area (Å²) in [5.41, 5.74) is 2.63. The van der Waals surface area contributed by atoms with Gasteiger partial charge in [0, 0.05) is 25.9 Å². The zero-order valence-electron chi connectivity index (χ0n) is 10.3. The molecule has 0 amide bonds. The van der Waals surface area contributed by atoms with Crippen molar-refractivity contribution >= 4 is 5.69 Å². The van der Waals surface area contributed by atoms with Crippen molar-refractivity contribution in [3.05, 3.63) is 41.9 Å². The first-order chi connectivity index (χ1) is 8.72. The number of nitrogens with zero attached hydrogens (tertiary/aromatic N) is 3. The average Bonchev–Trinajstić information content (AvgIpc) is 2.77. The van der Waals surface area contributed by atoms with Gasteiger partial charge in [-0.05, 0) is 17.7 Å². The first-order valence-corrected chi connectivity index (χ1v) is 5.52. The highest BCUT2D eigenvalue weighted by Crippen LogP contribution is 2.13. The lowest BCUT2D eigenvalue weighted by atomic mass is 10.3. The van der Waals surface area contributed by atoms with Crippen LogP contribution in [0.1, 0.15) is 11.3 Å². The third kappa shape index (κ3) is 2.61. The molecule has 1 N–H and O–H groups in total. The standard InChI is InChI=1S/C13H14N4O/c1-17-9-10(5-12(17)6-14)7-15-11-3-4-13(18-2)16-8-11/h3-5,8-9,15H,7H2,1-2H3. The molecular weight excluding hydrogens is 228 g/mol. The number of ether oxygens (including phenoxy) is 1. The lowest BCUT2D eigenvalue weighted by molar-refractivity contribution is 0.398. The van der Waals surface area contributed by atoms with E-state index >= 15 is 0 Å². The number of hydrogen-bond donors (Lipinski definition) is 1. The Morgan fingerprint density at radius 3 is 2.89 bits per heavy atom. The van der Waals surface area contributed by atoms with Crippen LogP contribution in [0, 0.1) is 11.3 Å². The maximum Gasteiger partial charge on any atom is 0.213 e. The van der Waals surface area contributed by atoms with Gasteiger partial charge in [0.05, 0.1) is 19.0 Å². The molecule has 5 heteroatoms. The van der Waals surface area contributed by atoms with E-state index in [9.17, 15) is 0 Å². The lowest BCUT2D eigenvalue weighted by Gasteiger charge is -2.05. The van der Waals surface area contributed by atoms with Gasteiger partial charge in [-0.2, -0.15) is 5.26 Å². The molecule has 5 nitrogen and oxygen atoms in total. The average molecular weight is 242 g/mol. The predicted molar refractivity (Wildman–Crippen MR) is 68.2 cm³/mol. The Kier molecular flexibility index (Phi) is 3.49.